The third-order valence-electron chi connectivity index (χ3n) is 7.07. The summed E-state index contributed by atoms with van der Waals surface area (Å²) in [6, 6.07) is 7.81. The van der Waals surface area contributed by atoms with E-state index in [4.69, 9.17) is 9.15 Å². The van der Waals surface area contributed by atoms with E-state index in [-0.39, 0.29) is 17.7 Å². The van der Waals surface area contributed by atoms with Gasteiger partial charge in [0.2, 0.25) is 5.91 Å². The molecule has 2 aliphatic rings. The van der Waals surface area contributed by atoms with Crippen molar-refractivity contribution in [2.24, 2.45) is 5.92 Å². The van der Waals surface area contributed by atoms with Crippen LogP contribution >= 0.6 is 0 Å². The second-order valence-electron chi connectivity index (χ2n) is 8.83. The highest BCUT2D eigenvalue weighted by atomic mass is 16.5. The number of piperidine rings is 2. The summed E-state index contributed by atoms with van der Waals surface area (Å²) in [5.74, 6) is 1.55. The van der Waals surface area contributed by atoms with Crippen molar-refractivity contribution in [2.75, 3.05) is 33.3 Å². The average molecular weight is 436 g/mol. The molecule has 2 saturated heterocycles. The van der Waals surface area contributed by atoms with Gasteiger partial charge in [-0.2, -0.15) is 0 Å². The fourth-order valence-corrected chi connectivity index (χ4v) is 5.15. The number of hydrogen-bond donors (Lipinski definition) is 1. The lowest BCUT2D eigenvalue weighted by atomic mass is 9.87. The maximum absolute atomic E-state index is 13.1. The van der Waals surface area contributed by atoms with Gasteiger partial charge in [-0.1, -0.05) is 0 Å². The Kier molecular flexibility index (Phi) is 5.64. The van der Waals surface area contributed by atoms with E-state index in [9.17, 15) is 9.59 Å². The second-order valence-corrected chi connectivity index (χ2v) is 8.83. The fraction of sp³-hybridized carbons (Fsp3) is 0.440. The van der Waals surface area contributed by atoms with E-state index >= 15 is 0 Å². The van der Waals surface area contributed by atoms with Crippen molar-refractivity contribution in [3.05, 3.63) is 54.1 Å². The quantitative estimate of drug-likeness (QED) is 0.671. The predicted molar refractivity (Wildman–Crippen MR) is 121 cm³/mol. The Morgan fingerprint density at radius 1 is 1.03 bits per heavy atom. The SMILES string of the molecule is COc1ccc2[nH]cc(C3CCN(C(=O)C4CCN(C(=O)c5ccoc5)CC4)CC3)c2c1. The maximum Gasteiger partial charge on any atom is 0.257 e. The van der Waals surface area contributed by atoms with Crippen LogP contribution in [0.1, 0.15) is 47.5 Å². The van der Waals surface area contributed by atoms with Gasteiger partial charge in [0.25, 0.3) is 5.91 Å². The summed E-state index contributed by atoms with van der Waals surface area (Å²) in [5.41, 5.74) is 3.01. The van der Waals surface area contributed by atoms with Crippen LogP contribution in [0.25, 0.3) is 10.9 Å². The van der Waals surface area contributed by atoms with E-state index in [1.165, 1.54) is 23.5 Å². The number of aromatic nitrogens is 1. The molecule has 4 heterocycles. The number of benzene rings is 1. The minimum Gasteiger partial charge on any atom is -0.497 e. The fourth-order valence-electron chi connectivity index (χ4n) is 5.15. The van der Waals surface area contributed by atoms with Crippen LogP contribution in [0.2, 0.25) is 0 Å². The number of likely N-dealkylation sites (tertiary alicyclic amines) is 2. The van der Waals surface area contributed by atoms with E-state index in [0.717, 1.165) is 50.0 Å². The number of carbonyl (C=O) groups is 2. The molecule has 0 saturated carbocycles. The number of H-pyrrole nitrogens is 1. The van der Waals surface area contributed by atoms with Gasteiger partial charge in [0.15, 0.2) is 0 Å². The molecular formula is C25H29N3O4. The molecule has 7 nitrogen and oxygen atoms in total. The van der Waals surface area contributed by atoms with Crippen molar-refractivity contribution in [2.45, 2.75) is 31.6 Å². The number of aromatic amines is 1. The highest BCUT2D eigenvalue weighted by molar-refractivity contribution is 5.94. The number of methoxy groups -OCH3 is 1. The van der Waals surface area contributed by atoms with Crippen LogP contribution < -0.4 is 4.74 Å². The summed E-state index contributed by atoms with van der Waals surface area (Å²) in [6.45, 7) is 2.81. The summed E-state index contributed by atoms with van der Waals surface area (Å²) in [4.78, 5) is 32.8. The second kappa shape index (κ2) is 8.73. The standard InChI is InChI=1S/C25H29N3O4/c1-31-20-2-3-23-21(14-20)22(15-26-23)17-4-9-27(10-5-17)24(29)18-6-11-28(12-7-18)25(30)19-8-13-32-16-19/h2-3,8,13-18,26H,4-7,9-12H2,1H3. The largest absolute Gasteiger partial charge is 0.497 e. The van der Waals surface area contributed by atoms with Crippen molar-refractivity contribution < 1.29 is 18.7 Å². The third kappa shape index (κ3) is 3.87. The molecule has 2 fully saturated rings. The van der Waals surface area contributed by atoms with Crippen molar-refractivity contribution in [1.82, 2.24) is 14.8 Å². The van der Waals surface area contributed by atoms with E-state index in [1.54, 1.807) is 13.2 Å². The lowest BCUT2D eigenvalue weighted by Crippen LogP contribution is -2.46. The van der Waals surface area contributed by atoms with Crippen LogP contribution in [0.5, 0.6) is 5.75 Å². The minimum absolute atomic E-state index is 0.0114. The first-order valence-electron chi connectivity index (χ1n) is 11.4. The Balaban J connectivity index is 1.16. The molecule has 3 aromatic rings. The number of hydrogen-bond acceptors (Lipinski definition) is 4. The minimum atomic E-state index is -0.0131. The van der Waals surface area contributed by atoms with Gasteiger partial charge in [-0.25, -0.2) is 0 Å². The number of furan rings is 1. The lowest BCUT2D eigenvalue weighted by molar-refractivity contribution is -0.138. The normalized spacial score (nSPS) is 18.3. The number of rotatable bonds is 4. The summed E-state index contributed by atoms with van der Waals surface area (Å²) in [7, 11) is 1.69. The van der Waals surface area contributed by atoms with Crippen LogP contribution in [-0.4, -0.2) is 59.9 Å². The molecule has 168 valence electrons. The molecular weight excluding hydrogens is 406 g/mol. The average Bonchev–Trinajstić information content (AvgIpc) is 3.53. The maximum atomic E-state index is 13.1. The van der Waals surface area contributed by atoms with Gasteiger partial charge in [0.1, 0.15) is 12.0 Å². The Morgan fingerprint density at radius 3 is 2.47 bits per heavy atom. The molecule has 32 heavy (non-hydrogen) atoms. The van der Waals surface area contributed by atoms with E-state index in [0.29, 0.717) is 24.6 Å². The van der Waals surface area contributed by atoms with Gasteiger partial charge in [0, 0.05) is 49.2 Å². The van der Waals surface area contributed by atoms with Crippen molar-refractivity contribution in [1.29, 1.82) is 0 Å². The lowest BCUT2D eigenvalue weighted by Gasteiger charge is -2.37. The smallest absolute Gasteiger partial charge is 0.257 e. The summed E-state index contributed by atoms with van der Waals surface area (Å²) < 4.78 is 10.4. The third-order valence-corrected chi connectivity index (χ3v) is 7.07. The Bertz CT molecular complexity index is 1090. The molecule has 0 atom stereocenters. The first-order valence-corrected chi connectivity index (χ1v) is 11.4. The van der Waals surface area contributed by atoms with Crippen LogP contribution in [-0.2, 0) is 4.79 Å². The van der Waals surface area contributed by atoms with E-state index in [1.807, 2.05) is 15.9 Å². The van der Waals surface area contributed by atoms with Gasteiger partial charge < -0.3 is 23.9 Å². The first kappa shape index (κ1) is 20.7. The Hall–Kier alpha value is -3.22. The Morgan fingerprint density at radius 2 is 1.78 bits per heavy atom. The molecule has 1 aromatic carbocycles. The van der Waals surface area contributed by atoms with Gasteiger partial charge >= 0.3 is 0 Å². The zero-order valence-corrected chi connectivity index (χ0v) is 18.4. The van der Waals surface area contributed by atoms with Gasteiger partial charge in [-0.3, -0.25) is 9.59 Å². The molecule has 0 unspecified atom stereocenters. The zero-order valence-electron chi connectivity index (χ0n) is 18.4. The van der Waals surface area contributed by atoms with E-state index < -0.39 is 0 Å². The number of amides is 2. The molecule has 7 heteroatoms. The van der Waals surface area contributed by atoms with Gasteiger partial charge in [0.05, 0.1) is 18.9 Å². The van der Waals surface area contributed by atoms with Crippen LogP contribution in [0, 0.1) is 5.92 Å². The number of nitrogens with zero attached hydrogens (tertiary/aromatic N) is 2. The number of nitrogens with one attached hydrogen (secondary N) is 1. The highest BCUT2D eigenvalue weighted by Gasteiger charge is 2.33. The molecule has 0 bridgehead atoms. The van der Waals surface area contributed by atoms with Crippen LogP contribution in [0.4, 0.5) is 0 Å². The topological polar surface area (TPSA) is 78.8 Å². The number of carbonyl (C=O) groups excluding carboxylic acids is 2. The first-order chi connectivity index (χ1) is 15.6. The molecule has 2 aromatic heterocycles. The molecule has 0 aliphatic carbocycles. The van der Waals surface area contributed by atoms with Gasteiger partial charge in [-0.05, 0) is 61.4 Å². The molecule has 0 radical (unpaired) electrons. The van der Waals surface area contributed by atoms with Crippen LogP contribution in [0.15, 0.2) is 47.4 Å². The Labute approximate surface area is 187 Å². The van der Waals surface area contributed by atoms with Crippen molar-refractivity contribution >= 4 is 22.7 Å². The van der Waals surface area contributed by atoms with Crippen molar-refractivity contribution in [3.8, 4) is 5.75 Å². The molecule has 2 aliphatic heterocycles. The summed E-state index contributed by atoms with van der Waals surface area (Å²) in [6.07, 6.45) is 8.49. The number of fused-ring (bicyclic) bond motifs is 1. The molecule has 5 rings (SSSR count). The molecule has 1 N–H and O–H groups in total. The zero-order chi connectivity index (χ0) is 22.1. The van der Waals surface area contributed by atoms with Gasteiger partial charge in [-0.15, -0.1) is 0 Å². The summed E-state index contributed by atoms with van der Waals surface area (Å²) in [5, 5.41) is 1.21. The molecule has 0 spiro atoms. The van der Waals surface area contributed by atoms with Crippen LogP contribution in [0.3, 0.4) is 0 Å². The number of ether oxygens (including phenoxy) is 1. The monoisotopic (exact) mass is 435 g/mol. The predicted octanol–water partition coefficient (Wildman–Crippen LogP) is 4.03. The molecule has 2 amide bonds. The highest BCUT2D eigenvalue weighted by Crippen LogP contribution is 2.35. The van der Waals surface area contributed by atoms with E-state index in [2.05, 4.69) is 23.3 Å². The van der Waals surface area contributed by atoms with Crippen molar-refractivity contribution in [3.63, 3.8) is 0 Å². The summed E-state index contributed by atoms with van der Waals surface area (Å²) >= 11 is 0.